The Labute approximate surface area is 169 Å². The highest BCUT2D eigenvalue weighted by atomic mass is 19.4. The number of halogens is 3. The summed E-state index contributed by atoms with van der Waals surface area (Å²) < 4.78 is 44.7. The molecule has 1 atom stereocenters. The van der Waals surface area contributed by atoms with Crippen molar-refractivity contribution in [2.45, 2.75) is 38.5 Å². The molecule has 0 saturated carbocycles. The molecule has 158 valence electrons. The highest BCUT2D eigenvalue weighted by Gasteiger charge is 2.32. The highest BCUT2D eigenvalue weighted by molar-refractivity contribution is 5.49. The summed E-state index contributed by atoms with van der Waals surface area (Å²) in [4.78, 5) is 7.02. The van der Waals surface area contributed by atoms with Crippen LogP contribution in [0.1, 0.15) is 29.9 Å². The van der Waals surface area contributed by atoms with E-state index < -0.39 is 11.7 Å². The lowest BCUT2D eigenvalue weighted by molar-refractivity contribution is -0.137. The third-order valence-corrected chi connectivity index (χ3v) is 6.03. The molecule has 1 aromatic heterocycles. The SMILES string of the molecule is Cc1ccc(CN2CCCC(N3CCN(c4cccc(C(F)(F)F)c4)CC3)C2)o1. The average Bonchev–Trinajstić information content (AvgIpc) is 3.12. The minimum atomic E-state index is -4.30. The number of rotatable bonds is 4. The Morgan fingerprint density at radius 2 is 1.83 bits per heavy atom. The number of aryl methyl sites for hydroxylation is 1. The van der Waals surface area contributed by atoms with Crippen LogP contribution >= 0.6 is 0 Å². The summed E-state index contributed by atoms with van der Waals surface area (Å²) >= 11 is 0. The van der Waals surface area contributed by atoms with Gasteiger partial charge in [0.15, 0.2) is 0 Å². The average molecular weight is 407 g/mol. The van der Waals surface area contributed by atoms with Crippen LogP contribution in [0.25, 0.3) is 0 Å². The number of furan rings is 1. The molecular weight excluding hydrogens is 379 g/mol. The molecule has 1 aromatic carbocycles. The maximum Gasteiger partial charge on any atom is 0.416 e. The fourth-order valence-corrected chi connectivity index (χ4v) is 4.49. The Bertz CT molecular complexity index is 812. The number of hydrogen-bond acceptors (Lipinski definition) is 4. The van der Waals surface area contributed by atoms with Crippen LogP contribution in [0.4, 0.5) is 18.9 Å². The van der Waals surface area contributed by atoms with E-state index in [-0.39, 0.29) is 0 Å². The van der Waals surface area contributed by atoms with E-state index in [2.05, 4.69) is 14.7 Å². The fourth-order valence-electron chi connectivity index (χ4n) is 4.49. The minimum absolute atomic E-state index is 0.503. The molecule has 0 N–H and O–H groups in total. The largest absolute Gasteiger partial charge is 0.465 e. The molecule has 0 radical (unpaired) electrons. The van der Waals surface area contributed by atoms with E-state index in [0.717, 1.165) is 69.8 Å². The van der Waals surface area contributed by atoms with Gasteiger partial charge in [0, 0.05) is 44.5 Å². The number of piperazine rings is 1. The van der Waals surface area contributed by atoms with Gasteiger partial charge in [0.25, 0.3) is 0 Å². The lowest BCUT2D eigenvalue weighted by Gasteiger charge is -2.44. The van der Waals surface area contributed by atoms with Gasteiger partial charge in [-0.3, -0.25) is 9.80 Å². The third-order valence-electron chi connectivity index (χ3n) is 6.03. The van der Waals surface area contributed by atoms with Crippen LogP contribution in [-0.2, 0) is 12.7 Å². The van der Waals surface area contributed by atoms with Gasteiger partial charge in [0.1, 0.15) is 11.5 Å². The first-order valence-electron chi connectivity index (χ1n) is 10.3. The van der Waals surface area contributed by atoms with E-state index >= 15 is 0 Å². The molecule has 2 aromatic rings. The Balaban J connectivity index is 1.32. The van der Waals surface area contributed by atoms with Crippen molar-refractivity contribution in [3.8, 4) is 0 Å². The molecule has 2 aliphatic rings. The molecule has 0 bridgehead atoms. The summed E-state index contributed by atoms with van der Waals surface area (Å²) in [6.45, 7) is 8.19. The Morgan fingerprint density at radius 3 is 2.52 bits per heavy atom. The number of nitrogens with zero attached hydrogens (tertiary/aromatic N) is 3. The Kier molecular flexibility index (Phi) is 5.88. The standard InChI is InChI=1S/C22H28F3N3O/c1-17-7-8-21(29-17)16-26-9-3-6-20(15-26)28-12-10-27(11-13-28)19-5-2-4-18(14-19)22(23,24)25/h2,4-5,7-8,14,20H,3,6,9-13,15-16H2,1H3. The summed E-state index contributed by atoms with van der Waals surface area (Å²) in [5.74, 6) is 1.96. The molecule has 2 aliphatic heterocycles. The lowest BCUT2D eigenvalue weighted by atomic mass is 10.0. The molecule has 2 fully saturated rings. The second-order valence-electron chi connectivity index (χ2n) is 8.11. The molecule has 7 heteroatoms. The quantitative estimate of drug-likeness (QED) is 0.750. The maximum atomic E-state index is 13.0. The molecule has 1 unspecified atom stereocenters. The van der Waals surface area contributed by atoms with Crippen LogP contribution in [0.3, 0.4) is 0 Å². The van der Waals surface area contributed by atoms with E-state index in [0.29, 0.717) is 11.7 Å². The van der Waals surface area contributed by atoms with Gasteiger partial charge in [0.05, 0.1) is 12.1 Å². The zero-order valence-electron chi connectivity index (χ0n) is 16.8. The topological polar surface area (TPSA) is 22.9 Å². The van der Waals surface area contributed by atoms with Crippen molar-refractivity contribution in [1.29, 1.82) is 0 Å². The van der Waals surface area contributed by atoms with Crippen molar-refractivity contribution < 1.29 is 17.6 Å². The van der Waals surface area contributed by atoms with E-state index in [1.54, 1.807) is 6.07 Å². The predicted octanol–water partition coefficient (Wildman–Crippen LogP) is 4.39. The van der Waals surface area contributed by atoms with Crippen LogP contribution in [-0.4, -0.2) is 55.1 Å². The van der Waals surface area contributed by atoms with Crippen molar-refractivity contribution in [3.63, 3.8) is 0 Å². The second-order valence-corrected chi connectivity index (χ2v) is 8.11. The van der Waals surface area contributed by atoms with E-state index in [1.165, 1.54) is 18.6 Å². The summed E-state index contributed by atoms with van der Waals surface area (Å²) in [5.41, 5.74) is 0.0893. The third kappa shape index (κ3) is 4.95. The van der Waals surface area contributed by atoms with Crippen LogP contribution in [0.2, 0.25) is 0 Å². The van der Waals surface area contributed by atoms with Gasteiger partial charge in [-0.05, 0) is 56.6 Å². The maximum absolute atomic E-state index is 13.0. The first-order chi connectivity index (χ1) is 13.9. The monoisotopic (exact) mass is 407 g/mol. The Hall–Kier alpha value is -1.99. The van der Waals surface area contributed by atoms with Gasteiger partial charge in [-0.25, -0.2) is 0 Å². The van der Waals surface area contributed by atoms with Gasteiger partial charge in [-0.2, -0.15) is 13.2 Å². The van der Waals surface area contributed by atoms with Crippen LogP contribution in [0.15, 0.2) is 40.8 Å². The second kappa shape index (κ2) is 8.40. The van der Waals surface area contributed by atoms with Gasteiger partial charge >= 0.3 is 6.18 Å². The zero-order valence-corrected chi connectivity index (χ0v) is 16.8. The van der Waals surface area contributed by atoms with Crippen LogP contribution in [0.5, 0.6) is 0 Å². The smallest absolute Gasteiger partial charge is 0.416 e. The molecule has 3 heterocycles. The molecular formula is C22H28F3N3O. The molecule has 4 nitrogen and oxygen atoms in total. The molecule has 0 aliphatic carbocycles. The number of alkyl halides is 3. The number of hydrogen-bond donors (Lipinski definition) is 0. The molecule has 0 amide bonds. The zero-order chi connectivity index (χ0) is 20.4. The normalized spacial score (nSPS) is 22.2. The number of benzene rings is 1. The predicted molar refractivity (Wildman–Crippen MR) is 107 cm³/mol. The molecule has 2 saturated heterocycles. The van der Waals surface area contributed by atoms with Crippen LogP contribution in [0, 0.1) is 6.92 Å². The number of likely N-dealkylation sites (tertiary alicyclic amines) is 1. The van der Waals surface area contributed by atoms with Gasteiger partial charge < -0.3 is 9.32 Å². The van der Waals surface area contributed by atoms with Crippen LogP contribution < -0.4 is 4.90 Å². The van der Waals surface area contributed by atoms with E-state index in [4.69, 9.17) is 4.42 Å². The van der Waals surface area contributed by atoms with Crippen molar-refractivity contribution >= 4 is 5.69 Å². The van der Waals surface area contributed by atoms with Crippen molar-refractivity contribution in [2.75, 3.05) is 44.2 Å². The van der Waals surface area contributed by atoms with E-state index in [1.807, 2.05) is 19.1 Å². The minimum Gasteiger partial charge on any atom is -0.465 e. The summed E-state index contributed by atoms with van der Waals surface area (Å²) in [5, 5.41) is 0. The fraction of sp³-hybridized carbons (Fsp3) is 0.545. The molecule has 29 heavy (non-hydrogen) atoms. The van der Waals surface area contributed by atoms with Gasteiger partial charge in [-0.1, -0.05) is 6.07 Å². The summed E-state index contributed by atoms with van der Waals surface area (Å²) in [6.07, 6.45) is -1.95. The summed E-state index contributed by atoms with van der Waals surface area (Å²) in [7, 11) is 0. The van der Waals surface area contributed by atoms with E-state index in [9.17, 15) is 13.2 Å². The molecule has 4 rings (SSSR count). The highest BCUT2D eigenvalue weighted by Crippen LogP contribution is 2.32. The first kappa shape index (κ1) is 20.3. The van der Waals surface area contributed by atoms with Crippen molar-refractivity contribution in [3.05, 3.63) is 53.5 Å². The first-order valence-corrected chi connectivity index (χ1v) is 10.3. The van der Waals surface area contributed by atoms with Crippen molar-refractivity contribution in [1.82, 2.24) is 9.80 Å². The lowest BCUT2D eigenvalue weighted by Crippen LogP contribution is -2.55. The van der Waals surface area contributed by atoms with Gasteiger partial charge in [0.2, 0.25) is 0 Å². The number of piperidine rings is 1. The molecule has 0 spiro atoms. The number of anilines is 1. The Morgan fingerprint density at radius 1 is 1.03 bits per heavy atom. The van der Waals surface area contributed by atoms with Crippen molar-refractivity contribution in [2.24, 2.45) is 0 Å². The van der Waals surface area contributed by atoms with Gasteiger partial charge in [-0.15, -0.1) is 0 Å². The summed E-state index contributed by atoms with van der Waals surface area (Å²) in [6, 6.07) is 10.2.